The topological polar surface area (TPSA) is 54.4 Å². The smallest absolute Gasteiger partial charge is 0.164 e. The molecular formula is C12H22O3. The predicted octanol–water partition coefficient (Wildman–Crippen LogP) is 2.11. The van der Waals surface area contributed by atoms with Crippen molar-refractivity contribution in [3.8, 4) is 0 Å². The van der Waals surface area contributed by atoms with Crippen LogP contribution < -0.4 is 0 Å². The Kier molecular flexibility index (Phi) is 6.41. The summed E-state index contributed by atoms with van der Waals surface area (Å²) in [7, 11) is 0. The zero-order chi connectivity index (χ0) is 11.9. The summed E-state index contributed by atoms with van der Waals surface area (Å²) < 4.78 is 0. The second-order valence-electron chi connectivity index (χ2n) is 4.47. The third kappa shape index (κ3) is 5.07. The first kappa shape index (κ1) is 14.3. The van der Waals surface area contributed by atoms with Crippen LogP contribution in [0.2, 0.25) is 0 Å². The van der Waals surface area contributed by atoms with Crippen LogP contribution in [0.3, 0.4) is 0 Å². The molecule has 3 heteroatoms. The fourth-order valence-electron chi connectivity index (χ4n) is 1.62. The van der Waals surface area contributed by atoms with Crippen LogP contribution in [0.1, 0.15) is 52.9 Å². The number of Topliss-reactive ketones (excluding diaryl/α,β-unsaturated/α-hetero) is 1. The second kappa shape index (κ2) is 6.72. The summed E-state index contributed by atoms with van der Waals surface area (Å²) in [5.41, 5.74) is -1.41. The zero-order valence-electron chi connectivity index (χ0n) is 9.95. The first-order chi connectivity index (χ1) is 6.96. The highest BCUT2D eigenvalue weighted by molar-refractivity contribution is 5.88. The van der Waals surface area contributed by atoms with Crippen molar-refractivity contribution in [3.05, 3.63) is 0 Å². The molecule has 0 aromatic heterocycles. The highest BCUT2D eigenvalue weighted by Gasteiger charge is 2.33. The van der Waals surface area contributed by atoms with E-state index in [1.54, 1.807) is 6.92 Å². The van der Waals surface area contributed by atoms with E-state index >= 15 is 0 Å². The Morgan fingerprint density at radius 2 is 2.07 bits per heavy atom. The molecule has 0 aliphatic carbocycles. The molecule has 0 aromatic rings. The maximum absolute atomic E-state index is 11.5. The SMILES string of the molecule is CCC(=O)[C@](O)(CC=O)CCCC(C)C. The van der Waals surface area contributed by atoms with Crippen LogP contribution in [0.15, 0.2) is 0 Å². The largest absolute Gasteiger partial charge is 0.382 e. The van der Waals surface area contributed by atoms with Gasteiger partial charge >= 0.3 is 0 Å². The molecule has 1 atom stereocenters. The first-order valence-electron chi connectivity index (χ1n) is 5.65. The molecule has 0 spiro atoms. The summed E-state index contributed by atoms with van der Waals surface area (Å²) in [6, 6.07) is 0. The van der Waals surface area contributed by atoms with Gasteiger partial charge in [0.05, 0.1) is 0 Å². The predicted molar refractivity (Wildman–Crippen MR) is 59.6 cm³/mol. The van der Waals surface area contributed by atoms with Gasteiger partial charge < -0.3 is 9.90 Å². The van der Waals surface area contributed by atoms with Gasteiger partial charge in [-0.05, 0) is 18.8 Å². The second-order valence-corrected chi connectivity index (χ2v) is 4.47. The van der Waals surface area contributed by atoms with Crippen LogP contribution in [0.25, 0.3) is 0 Å². The average molecular weight is 214 g/mol. The number of aliphatic hydroxyl groups is 1. The number of carbonyl (C=O) groups is 2. The highest BCUT2D eigenvalue weighted by atomic mass is 16.3. The van der Waals surface area contributed by atoms with Gasteiger partial charge in [0.25, 0.3) is 0 Å². The molecule has 0 aliphatic rings. The lowest BCUT2D eigenvalue weighted by Gasteiger charge is -2.24. The van der Waals surface area contributed by atoms with E-state index in [1.165, 1.54) is 0 Å². The van der Waals surface area contributed by atoms with Crippen LogP contribution >= 0.6 is 0 Å². The van der Waals surface area contributed by atoms with Gasteiger partial charge in [0.1, 0.15) is 11.9 Å². The third-order valence-corrected chi connectivity index (χ3v) is 2.63. The van der Waals surface area contributed by atoms with E-state index in [-0.39, 0.29) is 18.6 Å². The van der Waals surface area contributed by atoms with E-state index < -0.39 is 5.60 Å². The van der Waals surface area contributed by atoms with Gasteiger partial charge in [-0.2, -0.15) is 0 Å². The summed E-state index contributed by atoms with van der Waals surface area (Å²) in [4.78, 5) is 21.9. The number of rotatable bonds is 8. The molecule has 3 nitrogen and oxygen atoms in total. The number of aldehydes is 1. The minimum atomic E-state index is -1.41. The molecule has 0 amide bonds. The van der Waals surface area contributed by atoms with Crippen molar-refractivity contribution in [2.75, 3.05) is 0 Å². The van der Waals surface area contributed by atoms with Gasteiger partial charge in [0.2, 0.25) is 0 Å². The van der Waals surface area contributed by atoms with Gasteiger partial charge in [-0.15, -0.1) is 0 Å². The van der Waals surface area contributed by atoms with E-state index in [0.29, 0.717) is 18.6 Å². The van der Waals surface area contributed by atoms with Crippen molar-refractivity contribution in [2.24, 2.45) is 5.92 Å². The quantitative estimate of drug-likeness (QED) is 0.630. The van der Waals surface area contributed by atoms with E-state index in [9.17, 15) is 14.7 Å². The molecule has 0 rings (SSSR count). The van der Waals surface area contributed by atoms with Crippen LogP contribution in [0, 0.1) is 5.92 Å². The molecule has 0 heterocycles. The molecule has 1 N–H and O–H groups in total. The van der Waals surface area contributed by atoms with E-state index in [1.807, 2.05) is 0 Å². The van der Waals surface area contributed by atoms with Crippen LogP contribution in [-0.2, 0) is 9.59 Å². The normalized spacial score (nSPS) is 15.0. The molecule has 0 aliphatic heterocycles. The fourth-order valence-corrected chi connectivity index (χ4v) is 1.62. The van der Waals surface area contributed by atoms with Crippen LogP contribution in [-0.4, -0.2) is 22.8 Å². The van der Waals surface area contributed by atoms with Crippen molar-refractivity contribution in [1.82, 2.24) is 0 Å². The number of hydrogen-bond donors (Lipinski definition) is 1. The summed E-state index contributed by atoms with van der Waals surface area (Å²) in [6.45, 7) is 5.90. The minimum Gasteiger partial charge on any atom is -0.382 e. The molecule has 0 saturated heterocycles. The maximum Gasteiger partial charge on any atom is 0.164 e. The van der Waals surface area contributed by atoms with Gasteiger partial charge in [0, 0.05) is 12.8 Å². The fraction of sp³-hybridized carbons (Fsp3) is 0.833. The van der Waals surface area contributed by atoms with Crippen molar-refractivity contribution in [1.29, 1.82) is 0 Å². The third-order valence-electron chi connectivity index (χ3n) is 2.63. The molecule has 88 valence electrons. The minimum absolute atomic E-state index is 0.0717. The Labute approximate surface area is 91.9 Å². The van der Waals surface area contributed by atoms with Gasteiger partial charge in [-0.3, -0.25) is 4.79 Å². The molecule has 0 radical (unpaired) electrons. The lowest BCUT2D eigenvalue weighted by molar-refractivity contribution is -0.140. The van der Waals surface area contributed by atoms with Gasteiger partial charge in [0.15, 0.2) is 5.78 Å². The summed E-state index contributed by atoms with van der Waals surface area (Å²) in [5, 5.41) is 10.0. The Balaban J connectivity index is 4.25. The number of ketones is 1. The molecule has 0 aromatic carbocycles. The van der Waals surface area contributed by atoms with Crippen LogP contribution in [0.5, 0.6) is 0 Å². The Morgan fingerprint density at radius 3 is 2.47 bits per heavy atom. The summed E-state index contributed by atoms with van der Waals surface area (Å²) in [6.07, 6.45) is 3.00. The Hall–Kier alpha value is -0.700. The monoisotopic (exact) mass is 214 g/mol. The summed E-state index contributed by atoms with van der Waals surface area (Å²) >= 11 is 0. The summed E-state index contributed by atoms with van der Waals surface area (Å²) in [5.74, 6) is 0.334. The van der Waals surface area contributed by atoms with Gasteiger partial charge in [-0.1, -0.05) is 27.2 Å². The van der Waals surface area contributed by atoms with E-state index in [2.05, 4.69) is 13.8 Å². The average Bonchev–Trinajstić information content (AvgIpc) is 2.16. The Bertz CT molecular complexity index is 211. The maximum atomic E-state index is 11.5. The zero-order valence-corrected chi connectivity index (χ0v) is 9.95. The number of carbonyl (C=O) groups excluding carboxylic acids is 2. The van der Waals surface area contributed by atoms with E-state index in [4.69, 9.17) is 0 Å². The van der Waals surface area contributed by atoms with E-state index in [0.717, 1.165) is 12.8 Å². The van der Waals surface area contributed by atoms with Crippen LogP contribution in [0.4, 0.5) is 0 Å². The molecule has 15 heavy (non-hydrogen) atoms. The number of hydrogen-bond acceptors (Lipinski definition) is 3. The lowest BCUT2D eigenvalue weighted by Crippen LogP contribution is -2.38. The lowest BCUT2D eigenvalue weighted by atomic mass is 9.87. The first-order valence-corrected chi connectivity index (χ1v) is 5.65. The van der Waals surface area contributed by atoms with Gasteiger partial charge in [-0.25, -0.2) is 0 Å². The van der Waals surface area contributed by atoms with Crippen molar-refractivity contribution in [2.45, 2.75) is 58.5 Å². The van der Waals surface area contributed by atoms with Crippen molar-refractivity contribution >= 4 is 12.1 Å². The Morgan fingerprint density at radius 1 is 1.47 bits per heavy atom. The molecule has 0 saturated carbocycles. The molecular weight excluding hydrogens is 192 g/mol. The van der Waals surface area contributed by atoms with Crippen molar-refractivity contribution in [3.63, 3.8) is 0 Å². The molecule has 0 fully saturated rings. The molecule has 0 bridgehead atoms. The molecule has 0 unspecified atom stereocenters. The highest BCUT2D eigenvalue weighted by Crippen LogP contribution is 2.21. The standard InChI is InChI=1S/C12H22O3/c1-4-11(14)12(15,8-9-13)7-5-6-10(2)3/h9-10,15H,4-8H2,1-3H3/t12-/m1/s1. The van der Waals surface area contributed by atoms with Crippen molar-refractivity contribution < 1.29 is 14.7 Å².